The zero-order chi connectivity index (χ0) is 21.7. The Bertz CT molecular complexity index is 513. The number of ether oxygens (including phenoxy) is 4. The van der Waals surface area contributed by atoms with Gasteiger partial charge in [-0.1, -0.05) is 38.5 Å². The van der Waals surface area contributed by atoms with Crippen LogP contribution in [0.4, 0.5) is 0 Å². The fraction of sp³-hybridized carbons (Fsp3) is 0.826. The molecule has 0 aliphatic carbocycles. The molecule has 0 spiro atoms. The van der Waals surface area contributed by atoms with Gasteiger partial charge in [0.1, 0.15) is 6.10 Å². The zero-order valence-electron chi connectivity index (χ0n) is 18.9. The van der Waals surface area contributed by atoms with Gasteiger partial charge in [-0.2, -0.15) is 0 Å². The van der Waals surface area contributed by atoms with Crippen LogP contribution in [-0.4, -0.2) is 42.6 Å². The van der Waals surface area contributed by atoms with Gasteiger partial charge in [-0.3, -0.25) is 4.79 Å². The van der Waals surface area contributed by atoms with Gasteiger partial charge in [0.05, 0.1) is 18.8 Å². The average molecular weight is 413 g/mol. The molecule has 0 saturated carbocycles. The van der Waals surface area contributed by atoms with Crippen molar-refractivity contribution in [2.75, 3.05) is 6.61 Å². The van der Waals surface area contributed by atoms with E-state index in [1.165, 1.54) is 45.1 Å². The summed E-state index contributed by atoms with van der Waals surface area (Å²) in [5.41, 5.74) is 0. The molecule has 0 unspecified atom stereocenters. The van der Waals surface area contributed by atoms with Crippen LogP contribution in [0.15, 0.2) is 12.2 Å². The molecule has 29 heavy (non-hydrogen) atoms. The molecule has 3 atom stereocenters. The third kappa shape index (κ3) is 12.0. The second kappa shape index (κ2) is 13.8. The summed E-state index contributed by atoms with van der Waals surface area (Å²) in [7, 11) is 0. The largest absolute Gasteiger partial charge is 0.463 e. The smallest absolute Gasteiger partial charge is 0.330 e. The Hall–Kier alpha value is -1.40. The SMILES string of the molecule is CCOC(=O)/C=C/[C@@H]1OC(C)(C)O[C@H]1CCCCCCCCC[C@@H](C)OC(C)=O. The minimum Gasteiger partial charge on any atom is -0.463 e. The Morgan fingerprint density at radius 1 is 1.03 bits per heavy atom. The van der Waals surface area contributed by atoms with Gasteiger partial charge in [0.15, 0.2) is 5.79 Å². The first-order valence-corrected chi connectivity index (χ1v) is 11.1. The van der Waals surface area contributed by atoms with Gasteiger partial charge in [0.25, 0.3) is 0 Å². The van der Waals surface area contributed by atoms with Crippen molar-refractivity contribution in [3.8, 4) is 0 Å². The fourth-order valence-electron chi connectivity index (χ4n) is 3.62. The van der Waals surface area contributed by atoms with Gasteiger partial charge in [0, 0.05) is 13.0 Å². The quantitative estimate of drug-likeness (QED) is 0.225. The number of unbranched alkanes of at least 4 members (excludes halogenated alkanes) is 6. The summed E-state index contributed by atoms with van der Waals surface area (Å²) in [4.78, 5) is 22.4. The molecule has 168 valence electrons. The van der Waals surface area contributed by atoms with Crippen LogP contribution < -0.4 is 0 Å². The van der Waals surface area contributed by atoms with Crippen LogP contribution in [0.25, 0.3) is 0 Å². The van der Waals surface area contributed by atoms with Crippen molar-refractivity contribution < 1.29 is 28.5 Å². The molecule has 1 heterocycles. The molecule has 6 heteroatoms. The van der Waals surface area contributed by atoms with Crippen molar-refractivity contribution in [2.24, 2.45) is 0 Å². The highest BCUT2D eigenvalue weighted by Crippen LogP contribution is 2.31. The highest BCUT2D eigenvalue weighted by Gasteiger charge is 2.39. The minimum absolute atomic E-state index is 0.0243. The number of rotatable bonds is 14. The van der Waals surface area contributed by atoms with E-state index in [0.29, 0.717) is 6.61 Å². The summed E-state index contributed by atoms with van der Waals surface area (Å²) in [6, 6.07) is 0. The molecule has 1 saturated heterocycles. The molecule has 0 aromatic rings. The van der Waals surface area contributed by atoms with Gasteiger partial charge < -0.3 is 18.9 Å². The highest BCUT2D eigenvalue weighted by atomic mass is 16.7. The molecule has 6 nitrogen and oxygen atoms in total. The first-order chi connectivity index (χ1) is 13.7. The molecule has 0 N–H and O–H groups in total. The summed E-state index contributed by atoms with van der Waals surface area (Å²) in [5, 5.41) is 0. The Labute approximate surface area is 176 Å². The predicted molar refractivity (Wildman–Crippen MR) is 112 cm³/mol. The van der Waals surface area contributed by atoms with Gasteiger partial charge in [-0.15, -0.1) is 0 Å². The molecule has 1 fully saturated rings. The molecule has 1 rings (SSSR count). The molecule has 0 amide bonds. The summed E-state index contributed by atoms with van der Waals surface area (Å²) in [6.07, 6.45) is 13.0. The maximum Gasteiger partial charge on any atom is 0.330 e. The lowest BCUT2D eigenvalue weighted by molar-refractivity contribution is -0.146. The van der Waals surface area contributed by atoms with Crippen LogP contribution in [0, 0.1) is 0 Å². The van der Waals surface area contributed by atoms with E-state index in [2.05, 4.69) is 0 Å². The van der Waals surface area contributed by atoms with E-state index in [1.807, 2.05) is 20.8 Å². The lowest BCUT2D eigenvalue weighted by Gasteiger charge is -2.16. The van der Waals surface area contributed by atoms with Crippen LogP contribution >= 0.6 is 0 Å². The lowest BCUT2D eigenvalue weighted by atomic mass is 10.0. The van der Waals surface area contributed by atoms with Gasteiger partial charge in [-0.25, -0.2) is 4.79 Å². The molecule has 1 aliphatic heterocycles. The maximum atomic E-state index is 11.5. The summed E-state index contributed by atoms with van der Waals surface area (Å²) in [5.74, 6) is -1.17. The van der Waals surface area contributed by atoms with Crippen molar-refractivity contribution in [1.29, 1.82) is 0 Å². The number of carbonyl (C=O) groups is 2. The van der Waals surface area contributed by atoms with Crippen LogP contribution in [0.3, 0.4) is 0 Å². The predicted octanol–water partition coefficient (Wildman–Crippen LogP) is 5.09. The molecule has 0 aromatic carbocycles. The summed E-state index contributed by atoms with van der Waals surface area (Å²) in [6.45, 7) is 9.37. The second-order valence-electron chi connectivity index (χ2n) is 8.22. The Balaban J connectivity index is 2.15. The molecule has 0 bridgehead atoms. The van der Waals surface area contributed by atoms with E-state index in [-0.39, 0.29) is 30.3 Å². The first-order valence-electron chi connectivity index (χ1n) is 11.1. The van der Waals surface area contributed by atoms with Crippen LogP contribution in [0.2, 0.25) is 0 Å². The van der Waals surface area contributed by atoms with Crippen LogP contribution in [-0.2, 0) is 28.5 Å². The van der Waals surface area contributed by atoms with Crippen molar-refractivity contribution >= 4 is 11.9 Å². The molecular weight excluding hydrogens is 372 g/mol. The van der Waals surface area contributed by atoms with E-state index in [0.717, 1.165) is 25.7 Å². The van der Waals surface area contributed by atoms with Crippen molar-refractivity contribution in [1.82, 2.24) is 0 Å². The van der Waals surface area contributed by atoms with Crippen molar-refractivity contribution in [3.63, 3.8) is 0 Å². The lowest BCUT2D eigenvalue weighted by Crippen LogP contribution is -2.21. The van der Waals surface area contributed by atoms with Crippen LogP contribution in [0.1, 0.15) is 92.4 Å². The Morgan fingerprint density at radius 2 is 1.66 bits per heavy atom. The zero-order valence-corrected chi connectivity index (χ0v) is 18.9. The second-order valence-corrected chi connectivity index (χ2v) is 8.22. The third-order valence-corrected chi connectivity index (χ3v) is 4.90. The van der Waals surface area contributed by atoms with Gasteiger partial charge in [-0.05, 0) is 53.0 Å². The van der Waals surface area contributed by atoms with Crippen molar-refractivity contribution in [3.05, 3.63) is 12.2 Å². The number of carbonyl (C=O) groups excluding carboxylic acids is 2. The number of esters is 2. The van der Waals surface area contributed by atoms with E-state index in [1.54, 1.807) is 13.0 Å². The summed E-state index contributed by atoms with van der Waals surface area (Å²) >= 11 is 0. The van der Waals surface area contributed by atoms with Gasteiger partial charge in [0.2, 0.25) is 0 Å². The van der Waals surface area contributed by atoms with Gasteiger partial charge >= 0.3 is 11.9 Å². The topological polar surface area (TPSA) is 71.1 Å². The number of hydrogen-bond donors (Lipinski definition) is 0. The highest BCUT2D eigenvalue weighted by molar-refractivity contribution is 5.81. The van der Waals surface area contributed by atoms with E-state index >= 15 is 0 Å². The monoisotopic (exact) mass is 412 g/mol. The van der Waals surface area contributed by atoms with E-state index in [4.69, 9.17) is 18.9 Å². The van der Waals surface area contributed by atoms with Crippen LogP contribution in [0.5, 0.6) is 0 Å². The molecule has 1 aliphatic rings. The standard InChI is InChI=1S/C23H40O6/c1-6-26-22(25)17-16-21-20(28-23(4,5)29-21)15-13-11-9-7-8-10-12-14-18(2)27-19(3)24/h16-18,20-21H,6-15H2,1-5H3/b17-16+/t18-,20+,21+/m1/s1. The normalized spacial score (nSPS) is 22.0. The van der Waals surface area contributed by atoms with E-state index < -0.39 is 5.79 Å². The molecule has 0 aromatic heterocycles. The van der Waals surface area contributed by atoms with E-state index in [9.17, 15) is 9.59 Å². The fourth-order valence-corrected chi connectivity index (χ4v) is 3.62. The van der Waals surface area contributed by atoms with Crippen molar-refractivity contribution in [2.45, 2.75) is 117 Å². The average Bonchev–Trinajstić information content (AvgIpc) is 2.92. The Morgan fingerprint density at radius 3 is 2.28 bits per heavy atom. The summed E-state index contributed by atoms with van der Waals surface area (Å²) < 4.78 is 22.0. The first kappa shape index (κ1) is 25.6. The maximum absolute atomic E-state index is 11.5. The minimum atomic E-state index is -0.627. The number of hydrogen-bond acceptors (Lipinski definition) is 6. The third-order valence-electron chi connectivity index (χ3n) is 4.90. The Kier molecular flexibility index (Phi) is 12.2. The molecular formula is C23H40O6. The molecule has 0 radical (unpaired) electrons.